The second kappa shape index (κ2) is 8.81. The third kappa shape index (κ3) is 4.14. The van der Waals surface area contributed by atoms with E-state index in [1.54, 1.807) is 25.3 Å². The van der Waals surface area contributed by atoms with Crippen LogP contribution >= 0.6 is 0 Å². The van der Waals surface area contributed by atoms with E-state index in [9.17, 15) is 10.1 Å². The fraction of sp³-hybridized carbons (Fsp3) is 0.130. The molecule has 0 aromatic heterocycles. The van der Waals surface area contributed by atoms with Gasteiger partial charge < -0.3 is 19.5 Å². The zero-order valence-electron chi connectivity index (χ0n) is 16.4. The van der Waals surface area contributed by atoms with Gasteiger partial charge in [-0.2, -0.15) is 5.26 Å². The number of hydrogen-bond donors (Lipinski definition) is 1. The molecule has 3 aromatic carbocycles. The highest BCUT2D eigenvalue weighted by atomic mass is 16.5. The summed E-state index contributed by atoms with van der Waals surface area (Å²) < 4.78 is 15.9. The molecular weight excluding hydrogens is 368 g/mol. The van der Waals surface area contributed by atoms with Gasteiger partial charge in [-0.1, -0.05) is 30.3 Å². The molecule has 0 aliphatic rings. The van der Waals surface area contributed by atoms with E-state index in [-0.39, 0.29) is 5.57 Å². The number of anilines is 1. The maximum atomic E-state index is 12.7. The number of carbonyl (C=O) groups is 1. The predicted molar refractivity (Wildman–Crippen MR) is 112 cm³/mol. The van der Waals surface area contributed by atoms with Crippen molar-refractivity contribution in [2.45, 2.75) is 0 Å². The SMILES string of the molecule is COc1ccc(NC(=O)/C(C#N)=C/c2c(OC)ccc3ccccc23)cc1OC. The van der Waals surface area contributed by atoms with Crippen LogP contribution in [0.5, 0.6) is 17.2 Å². The summed E-state index contributed by atoms with van der Waals surface area (Å²) in [6.45, 7) is 0. The molecule has 0 spiro atoms. The van der Waals surface area contributed by atoms with Crippen LogP contribution in [0.15, 0.2) is 60.2 Å². The number of ether oxygens (including phenoxy) is 3. The summed E-state index contributed by atoms with van der Waals surface area (Å²) in [6.07, 6.45) is 1.54. The van der Waals surface area contributed by atoms with E-state index in [0.717, 1.165) is 10.8 Å². The standard InChI is InChI=1S/C23H20N2O4/c1-27-20-10-8-15-6-4-5-7-18(15)19(20)12-16(14-24)23(26)25-17-9-11-21(28-2)22(13-17)29-3/h4-13H,1-3H3,(H,25,26)/b16-12+. The van der Waals surface area contributed by atoms with Gasteiger partial charge >= 0.3 is 0 Å². The van der Waals surface area contributed by atoms with Crippen molar-refractivity contribution in [2.24, 2.45) is 0 Å². The van der Waals surface area contributed by atoms with Gasteiger partial charge in [0.15, 0.2) is 11.5 Å². The highest BCUT2D eigenvalue weighted by Crippen LogP contribution is 2.31. The molecule has 0 unspecified atom stereocenters. The number of nitriles is 1. The molecule has 0 fully saturated rings. The zero-order chi connectivity index (χ0) is 20.8. The van der Waals surface area contributed by atoms with Crippen molar-refractivity contribution in [2.75, 3.05) is 26.6 Å². The van der Waals surface area contributed by atoms with Crippen LogP contribution in [0.2, 0.25) is 0 Å². The first-order valence-electron chi connectivity index (χ1n) is 8.82. The van der Waals surface area contributed by atoms with Crippen molar-refractivity contribution in [1.82, 2.24) is 0 Å². The molecule has 0 saturated heterocycles. The molecule has 0 saturated carbocycles. The number of hydrogen-bond acceptors (Lipinski definition) is 5. The summed E-state index contributed by atoms with van der Waals surface area (Å²) in [5, 5.41) is 14.2. The van der Waals surface area contributed by atoms with Crippen molar-refractivity contribution in [3.05, 3.63) is 65.7 Å². The summed E-state index contributed by atoms with van der Waals surface area (Å²) in [4.78, 5) is 12.7. The van der Waals surface area contributed by atoms with Gasteiger partial charge in [0.05, 0.1) is 21.3 Å². The minimum Gasteiger partial charge on any atom is -0.496 e. The lowest BCUT2D eigenvalue weighted by Gasteiger charge is -2.11. The van der Waals surface area contributed by atoms with Crippen molar-refractivity contribution < 1.29 is 19.0 Å². The van der Waals surface area contributed by atoms with Crippen LogP contribution in [0.3, 0.4) is 0 Å². The van der Waals surface area contributed by atoms with Crippen molar-refractivity contribution in [1.29, 1.82) is 5.26 Å². The molecule has 1 amide bonds. The Bertz CT molecular complexity index is 1130. The molecule has 1 N–H and O–H groups in total. The van der Waals surface area contributed by atoms with E-state index in [1.165, 1.54) is 20.3 Å². The van der Waals surface area contributed by atoms with Gasteiger partial charge in [-0.3, -0.25) is 4.79 Å². The molecule has 3 aromatic rings. The van der Waals surface area contributed by atoms with Gasteiger partial charge in [-0.25, -0.2) is 0 Å². The Balaban J connectivity index is 1.98. The van der Waals surface area contributed by atoms with Crippen LogP contribution in [-0.2, 0) is 4.79 Å². The molecule has 0 bridgehead atoms. The maximum absolute atomic E-state index is 12.7. The molecule has 29 heavy (non-hydrogen) atoms. The first-order valence-corrected chi connectivity index (χ1v) is 8.82. The van der Waals surface area contributed by atoms with E-state index in [0.29, 0.717) is 28.5 Å². The second-order valence-electron chi connectivity index (χ2n) is 6.10. The number of fused-ring (bicyclic) bond motifs is 1. The van der Waals surface area contributed by atoms with Gasteiger partial charge in [-0.05, 0) is 35.0 Å². The smallest absolute Gasteiger partial charge is 0.266 e. The van der Waals surface area contributed by atoms with Gasteiger partial charge in [0.2, 0.25) is 0 Å². The Labute approximate surface area is 168 Å². The highest BCUT2D eigenvalue weighted by Gasteiger charge is 2.14. The number of nitrogens with zero attached hydrogens (tertiary/aromatic N) is 1. The highest BCUT2D eigenvalue weighted by molar-refractivity contribution is 6.11. The fourth-order valence-electron chi connectivity index (χ4n) is 3.01. The third-order valence-corrected chi connectivity index (χ3v) is 4.45. The first-order chi connectivity index (χ1) is 14.1. The first kappa shape index (κ1) is 19.8. The zero-order valence-corrected chi connectivity index (χ0v) is 16.4. The summed E-state index contributed by atoms with van der Waals surface area (Å²) in [5.74, 6) is 1.07. The minimum absolute atomic E-state index is 0.0468. The third-order valence-electron chi connectivity index (χ3n) is 4.45. The monoisotopic (exact) mass is 388 g/mol. The van der Waals surface area contributed by atoms with Crippen LogP contribution in [0, 0.1) is 11.3 Å². The van der Waals surface area contributed by atoms with Crippen molar-refractivity contribution in [3.63, 3.8) is 0 Å². The molecule has 0 aliphatic heterocycles. The van der Waals surface area contributed by atoms with E-state index >= 15 is 0 Å². The molecule has 6 heteroatoms. The number of benzene rings is 3. The Morgan fingerprint density at radius 1 is 0.931 bits per heavy atom. The van der Waals surface area contributed by atoms with Crippen LogP contribution in [0.25, 0.3) is 16.8 Å². The van der Waals surface area contributed by atoms with E-state index in [2.05, 4.69) is 5.32 Å². The minimum atomic E-state index is -0.533. The summed E-state index contributed by atoms with van der Waals surface area (Å²) in [7, 11) is 4.60. The van der Waals surface area contributed by atoms with Crippen LogP contribution < -0.4 is 19.5 Å². The average molecular weight is 388 g/mol. The Morgan fingerprint density at radius 2 is 1.62 bits per heavy atom. The topological polar surface area (TPSA) is 80.6 Å². The molecular formula is C23H20N2O4. The van der Waals surface area contributed by atoms with Crippen LogP contribution in [0.1, 0.15) is 5.56 Å². The van der Waals surface area contributed by atoms with Crippen LogP contribution in [0.4, 0.5) is 5.69 Å². The largest absolute Gasteiger partial charge is 0.496 e. The lowest BCUT2D eigenvalue weighted by atomic mass is 10.0. The maximum Gasteiger partial charge on any atom is 0.266 e. The molecule has 0 aliphatic carbocycles. The van der Waals surface area contributed by atoms with Gasteiger partial charge in [0, 0.05) is 17.3 Å². The van der Waals surface area contributed by atoms with E-state index in [4.69, 9.17) is 14.2 Å². The fourth-order valence-corrected chi connectivity index (χ4v) is 3.01. The number of methoxy groups -OCH3 is 3. The molecule has 3 rings (SSSR count). The predicted octanol–water partition coefficient (Wildman–Crippen LogP) is 4.41. The van der Waals surface area contributed by atoms with E-state index < -0.39 is 5.91 Å². The second-order valence-corrected chi connectivity index (χ2v) is 6.10. The van der Waals surface area contributed by atoms with Crippen molar-refractivity contribution >= 4 is 28.4 Å². The molecule has 0 heterocycles. The number of carbonyl (C=O) groups excluding carboxylic acids is 1. The molecule has 0 atom stereocenters. The summed E-state index contributed by atoms with van der Waals surface area (Å²) >= 11 is 0. The lowest BCUT2D eigenvalue weighted by Crippen LogP contribution is -2.13. The normalized spacial score (nSPS) is 10.9. The van der Waals surface area contributed by atoms with Gasteiger partial charge in [0.25, 0.3) is 5.91 Å². The Kier molecular flexibility index (Phi) is 6.00. The van der Waals surface area contributed by atoms with Crippen molar-refractivity contribution in [3.8, 4) is 23.3 Å². The van der Waals surface area contributed by atoms with Crippen LogP contribution in [-0.4, -0.2) is 27.2 Å². The average Bonchev–Trinajstić information content (AvgIpc) is 2.76. The Morgan fingerprint density at radius 3 is 2.31 bits per heavy atom. The number of amides is 1. The lowest BCUT2D eigenvalue weighted by molar-refractivity contribution is -0.112. The molecule has 146 valence electrons. The molecule has 6 nitrogen and oxygen atoms in total. The summed E-state index contributed by atoms with van der Waals surface area (Å²) in [6, 6.07) is 18.4. The summed E-state index contributed by atoms with van der Waals surface area (Å²) in [5.41, 5.74) is 1.11. The Hall–Kier alpha value is -3.98. The molecule has 0 radical (unpaired) electrons. The van der Waals surface area contributed by atoms with Gasteiger partial charge in [-0.15, -0.1) is 0 Å². The van der Waals surface area contributed by atoms with E-state index in [1.807, 2.05) is 42.5 Å². The number of rotatable bonds is 6. The number of nitrogens with one attached hydrogen (secondary N) is 1. The quantitative estimate of drug-likeness (QED) is 0.500. The van der Waals surface area contributed by atoms with Gasteiger partial charge in [0.1, 0.15) is 17.4 Å².